The lowest BCUT2D eigenvalue weighted by atomic mass is 9.75. The SMILES string of the molecule is O=C(CCc1cccs1)N1CCCC(CC2CC2)(C(=O)O)C1. The van der Waals surface area contributed by atoms with E-state index in [-0.39, 0.29) is 5.91 Å². The monoisotopic (exact) mass is 321 g/mol. The van der Waals surface area contributed by atoms with Crippen molar-refractivity contribution in [1.29, 1.82) is 0 Å². The molecule has 0 radical (unpaired) electrons. The fourth-order valence-corrected chi connectivity index (χ4v) is 4.20. The van der Waals surface area contributed by atoms with Crippen LogP contribution in [0.3, 0.4) is 0 Å². The Balaban J connectivity index is 1.60. The molecule has 120 valence electrons. The summed E-state index contributed by atoms with van der Waals surface area (Å²) in [5.74, 6) is -0.0399. The van der Waals surface area contributed by atoms with Crippen molar-refractivity contribution in [2.24, 2.45) is 11.3 Å². The summed E-state index contributed by atoms with van der Waals surface area (Å²) in [6.45, 7) is 1.12. The Bertz CT molecular complexity index is 538. The van der Waals surface area contributed by atoms with Crippen molar-refractivity contribution in [2.45, 2.75) is 44.9 Å². The highest BCUT2D eigenvalue weighted by Gasteiger charge is 2.46. The lowest BCUT2D eigenvalue weighted by molar-refractivity contribution is -0.156. The summed E-state index contributed by atoms with van der Waals surface area (Å²) in [4.78, 5) is 27.3. The zero-order valence-corrected chi connectivity index (χ0v) is 13.6. The molecule has 4 nitrogen and oxygen atoms in total. The van der Waals surface area contributed by atoms with E-state index >= 15 is 0 Å². The molecule has 0 bridgehead atoms. The summed E-state index contributed by atoms with van der Waals surface area (Å²) in [7, 11) is 0. The number of aryl methyl sites for hydroxylation is 1. The molecule has 22 heavy (non-hydrogen) atoms. The van der Waals surface area contributed by atoms with Crippen LogP contribution < -0.4 is 0 Å². The molecule has 5 heteroatoms. The van der Waals surface area contributed by atoms with Gasteiger partial charge >= 0.3 is 5.97 Å². The summed E-state index contributed by atoms with van der Waals surface area (Å²) in [6, 6.07) is 4.04. The Morgan fingerprint density at radius 1 is 1.41 bits per heavy atom. The van der Waals surface area contributed by atoms with Crippen LogP contribution >= 0.6 is 11.3 Å². The number of amides is 1. The Morgan fingerprint density at radius 2 is 2.23 bits per heavy atom. The molecular weight excluding hydrogens is 298 g/mol. The maximum Gasteiger partial charge on any atom is 0.311 e. The number of rotatable bonds is 6. The van der Waals surface area contributed by atoms with Gasteiger partial charge in [0.15, 0.2) is 0 Å². The lowest BCUT2D eigenvalue weighted by Crippen LogP contribution is -2.50. The van der Waals surface area contributed by atoms with Crippen molar-refractivity contribution >= 4 is 23.2 Å². The number of thiophene rings is 1. The molecule has 2 fully saturated rings. The minimum Gasteiger partial charge on any atom is -0.481 e. The van der Waals surface area contributed by atoms with Gasteiger partial charge in [-0.05, 0) is 43.0 Å². The van der Waals surface area contributed by atoms with E-state index < -0.39 is 11.4 Å². The van der Waals surface area contributed by atoms with Gasteiger partial charge in [0.2, 0.25) is 5.91 Å². The van der Waals surface area contributed by atoms with Gasteiger partial charge < -0.3 is 10.0 Å². The van der Waals surface area contributed by atoms with Gasteiger partial charge in [-0.25, -0.2) is 0 Å². The van der Waals surface area contributed by atoms with E-state index in [2.05, 4.69) is 0 Å². The smallest absolute Gasteiger partial charge is 0.311 e. The number of nitrogens with zero attached hydrogens (tertiary/aromatic N) is 1. The second kappa shape index (κ2) is 6.41. The number of likely N-dealkylation sites (tertiary alicyclic amines) is 1. The molecule has 3 rings (SSSR count). The van der Waals surface area contributed by atoms with Crippen LogP contribution in [-0.4, -0.2) is 35.0 Å². The third kappa shape index (κ3) is 3.51. The largest absolute Gasteiger partial charge is 0.481 e. The maximum absolute atomic E-state index is 12.4. The van der Waals surface area contributed by atoms with E-state index in [1.807, 2.05) is 17.5 Å². The Kier molecular flexibility index (Phi) is 4.52. The van der Waals surface area contributed by atoms with Crippen LogP contribution in [-0.2, 0) is 16.0 Å². The zero-order chi connectivity index (χ0) is 15.6. The number of carboxylic acid groups (broad SMARTS) is 1. The molecule has 0 spiro atoms. The van der Waals surface area contributed by atoms with Crippen molar-refractivity contribution in [3.8, 4) is 0 Å². The van der Waals surface area contributed by atoms with Gasteiger partial charge in [0, 0.05) is 24.4 Å². The van der Waals surface area contributed by atoms with Gasteiger partial charge in [-0.1, -0.05) is 18.9 Å². The molecule has 0 aromatic carbocycles. The summed E-state index contributed by atoms with van der Waals surface area (Å²) in [6.07, 6.45) is 5.83. The first-order chi connectivity index (χ1) is 10.6. The first kappa shape index (κ1) is 15.5. The van der Waals surface area contributed by atoms with Crippen molar-refractivity contribution in [3.05, 3.63) is 22.4 Å². The molecule has 1 aromatic rings. The lowest BCUT2D eigenvalue weighted by Gasteiger charge is -2.40. The number of hydrogen-bond acceptors (Lipinski definition) is 3. The highest BCUT2D eigenvalue weighted by Crippen LogP contribution is 2.45. The molecule has 1 aromatic heterocycles. The molecule has 1 saturated carbocycles. The molecule has 1 atom stereocenters. The summed E-state index contributed by atoms with van der Waals surface area (Å²) < 4.78 is 0. The number of carbonyl (C=O) groups excluding carboxylic acids is 1. The van der Waals surface area contributed by atoms with Crippen LogP contribution in [0.5, 0.6) is 0 Å². The van der Waals surface area contributed by atoms with E-state index in [1.54, 1.807) is 16.2 Å². The fraction of sp³-hybridized carbons (Fsp3) is 0.647. The second-order valence-electron chi connectivity index (χ2n) is 6.73. The van der Waals surface area contributed by atoms with Crippen LogP contribution in [0, 0.1) is 11.3 Å². The Hall–Kier alpha value is -1.36. The summed E-state index contributed by atoms with van der Waals surface area (Å²) >= 11 is 1.67. The second-order valence-corrected chi connectivity index (χ2v) is 7.76. The zero-order valence-electron chi connectivity index (χ0n) is 12.8. The average Bonchev–Trinajstić information content (AvgIpc) is 3.16. The van der Waals surface area contributed by atoms with Crippen LogP contribution in [0.2, 0.25) is 0 Å². The predicted octanol–water partition coefficient (Wildman–Crippen LogP) is 3.17. The van der Waals surface area contributed by atoms with Gasteiger partial charge in [0.25, 0.3) is 0 Å². The van der Waals surface area contributed by atoms with Gasteiger partial charge in [0.1, 0.15) is 0 Å². The quantitative estimate of drug-likeness (QED) is 0.875. The maximum atomic E-state index is 12.4. The molecule has 1 unspecified atom stereocenters. The number of piperidine rings is 1. The van der Waals surface area contributed by atoms with Crippen molar-refractivity contribution in [3.63, 3.8) is 0 Å². The minimum atomic E-state index is -0.713. The van der Waals surface area contributed by atoms with E-state index in [4.69, 9.17) is 0 Å². The van der Waals surface area contributed by atoms with Crippen LogP contribution in [0.15, 0.2) is 17.5 Å². The van der Waals surface area contributed by atoms with Crippen LogP contribution in [0.4, 0.5) is 0 Å². The molecule has 1 N–H and O–H groups in total. The topological polar surface area (TPSA) is 57.6 Å². The van der Waals surface area contributed by atoms with E-state index in [0.29, 0.717) is 31.8 Å². The van der Waals surface area contributed by atoms with Gasteiger partial charge in [-0.15, -0.1) is 11.3 Å². The summed E-state index contributed by atoms with van der Waals surface area (Å²) in [5, 5.41) is 11.7. The fourth-order valence-electron chi connectivity index (χ4n) is 3.49. The predicted molar refractivity (Wildman–Crippen MR) is 85.9 cm³/mol. The Labute approximate surface area is 135 Å². The molecule has 1 aliphatic carbocycles. The van der Waals surface area contributed by atoms with Crippen molar-refractivity contribution < 1.29 is 14.7 Å². The third-order valence-corrected chi connectivity index (χ3v) is 5.86. The normalized spacial score (nSPS) is 25.2. The van der Waals surface area contributed by atoms with E-state index in [9.17, 15) is 14.7 Å². The molecule has 1 aliphatic heterocycles. The minimum absolute atomic E-state index is 0.106. The average molecular weight is 321 g/mol. The van der Waals surface area contributed by atoms with Crippen molar-refractivity contribution in [1.82, 2.24) is 4.90 Å². The standard InChI is InChI=1S/C17H23NO3S/c19-15(7-6-14-3-1-10-22-14)18-9-2-8-17(12-18,16(20)21)11-13-4-5-13/h1,3,10,13H,2,4-9,11-12H2,(H,20,21). The first-order valence-corrected chi connectivity index (χ1v) is 9.01. The summed E-state index contributed by atoms with van der Waals surface area (Å²) in [5.41, 5.74) is -0.696. The highest BCUT2D eigenvalue weighted by atomic mass is 32.1. The first-order valence-electron chi connectivity index (χ1n) is 8.13. The van der Waals surface area contributed by atoms with Crippen LogP contribution in [0.25, 0.3) is 0 Å². The van der Waals surface area contributed by atoms with E-state index in [0.717, 1.165) is 32.1 Å². The number of hydrogen-bond donors (Lipinski definition) is 1. The van der Waals surface area contributed by atoms with Gasteiger partial charge in [0.05, 0.1) is 5.41 Å². The molecule has 1 saturated heterocycles. The van der Waals surface area contributed by atoms with Gasteiger partial charge in [-0.2, -0.15) is 0 Å². The van der Waals surface area contributed by atoms with E-state index in [1.165, 1.54) is 4.88 Å². The molecular formula is C17H23NO3S. The third-order valence-electron chi connectivity index (χ3n) is 4.92. The number of carbonyl (C=O) groups is 2. The Morgan fingerprint density at radius 3 is 2.86 bits per heavy atom. The molecule has 1 amide bonds. The molecule has 2 aliphatic rings. The van der Waals surface area contributed by atoms with Crippen LogP contribution in [0.1, 0.15) is 43.4 Å². The number of carboxylic acids is 1. The van der Waals surface area contributed by atoms with Gasteiger partial charge in [-0.3, -0.25) is 9.59 Å². The highest BCUT2D eigenvalue weighted by molar-refractivity contribution is 7.09. The molecule has 2 heterocycles. The van der Waals surface area contributed by atoms with Crippen molar-refractivity contribution in [2.75, 3.05) is 13.1 Å². The number of aliphatic carboxylic acids is 1.